The minimum Gasteiger partial charge on any atom is -0.406 e. The van der Waals surface area contributed by atoms with E-state index in [1.54, 1.807) is 0 Å². The molecule has 1 aromatic carbocycles. The molecule has 1 heterocycles. The Balaban J connectivity index is 1.85. The summed E-state index contributed by atoms with van der Waals surface area (Å²) >= 11 is 0. The number of halogens is 3. The summed E-state index contributed by atoms with van der Waals surface area (Å²) in [6.07, 6.45) is -3.73. The Morgan fingerprint density at radius 2 is 2.05 bits per heavy atom. The molecule has 21 heavy (non-hydrogen) atoms. The lowest BCUT2D eigenvalue weighted by molar-refractivity contribution is -0.274. The Labute approximate surface area is 120 Å². The van der Waals surface area contributed by atoms with E-state index in [4.69, 9.17) is 0 Å². The van der Waals surface area contributed by atoms with Gasteiger partial charge in [-0.3, -0.25) is 4.79 Å². The lowest BCUT2D eigenvalue weighted by Crippen LogP contribution is -2.42. The molecule has 7 heteroatoms. The van der Waals surface area contributed by atoms with Crippen LogP contribution < -0.4 is 15.4 Å². The van der Waals surface area contributed by atoms with E-state index in [9.17, 15) is 18.0 Å². The van der Waals surface area contributed by atoms with E-state index in [2.05, 4.69) is 15.4 Å². The molecule has 1 fully saturated rings. The van der Waals surface area contributed by atoms with Gasteiger partial charge in [-0.05, 0) is 36.6 Å². The molecule has 4 nitrogen and oxygen atoms in total. The molecule has 1 aromatic rings. The van der Waals surface area contributed by atoms with Gasteiger partial charge in [0, 0.05) is 6.54 Å². The second kappa shape index (κ2) is 6.34. The number of hydrogen-bond donors (Lipinski definition) is 2. The van der Waals surface area contributed by atoms with E-state index in [1.165, 1.54) is 24.3 Å². The van der Waals surface area contributed by atoms with Crippen molar-refractivity contribution in [2.75, 3.05) is 6.54 Å². The largest absolute Gasteiger partial charge is 0.573 e. The minimum absolute atomic E-state index is 0.0874. The molecule has 2 unspecified atom stereocenters. The molecule has 2 rings (SSSR count). The maximum absolute atomic E-state index is 12.0. The lowest BCUT2D eigenvalue weighted by atomic mass is 10.0. The highest BCUT2D eigenvalue weighted by molar-refractivity contribution is 5.82. The van der Waals surface area contributed by atoms with Gasteiger partial charge < -0.3 is 15.4 Å². The van der Waals surface area contributed by atoms with Crippen molar-refractivity contribution in [2.24, 2.45) is 5.92 Å². The van der Waals surface area contributed by atoms with Crippen LogP contribution >= 0.6 is 0 Å². The number of nitrogens with one attached hydrogen (secondary N) is 2. The first-order valence-electron chi connectivity index (χ1n) is 6.71. The maximum Gasteiger partial charge on any atom is 0.573 e. The second-order valence-corrected chi connectivity index (χ2v) is 5.11. The van der Waals surface area contributed by atoms with Crippen molar-refractivity contribution in [3.05, 3.63) is 29.8 Å². The van der Waals surface area contributed by atoms with E-state index in [0.29, 0.717) is 5.56 Å². The number of alkyl halides is 3. The number of carbonyl (C=O) groups excluding carboxylic acids is 1. The highest BCUT2D eigenvalue weighted by Crippen LogP contribution is 2.22. The van der Waals surface area contributed by atoms with E-state index in [-0.39, 0.29) is 30.2 Å². The zero-order chi connectivity index (χ0) is 15.5. The van der Waals surface area contributed by atoms with Crippen LogP contribution in [0.25, 0.3) is 0 Å². The number of hydrogen-bond acceptors (Lipinski definition) is 3. The third kappa shape index (κ3) is 4.63. The van der Waals surface area contributed by atoms with Gasteiger partial charge in [0.25, 0.3) is 0 Å². The first-order chi connectivity index (χ1) is 9.85. The van der Waals surface area contributed by atoms with Crippen molar-refractivity contribution in [3.63, 3.8) is 0 Å². The predicted octanol–water partition coefficient (Wildman–Crippen LogP) is 2.20. The van der Waals surface area contributed by atoms with E-state index in [0.717, 1.165) is 13.0 Å². The van der Waals surface area contributed by atoms with Crippen LogP contribution in [0.15, 0.2) is 24.3 Å². The summed E-state index contributed by atoms with van der Waals surface area (Å²) in [7, 11) is 0. The highest BCUT2D eigenvalue weighted by atomic mass is 19.4. The molecule has 1 amide bonds. The Morgan fingerprint density at radius 3 is 2.57 bits per heavy atom. The smallest absolute Gasteiger partial charge is 0.406 e. The summed E-state index contributed by atoms with van der Waals surface area (Å²) in [5.41, 5.74) is 0.712. The fourth-order valence-electron chi connectivity index (χ4n) is 2.29. The van der Waals surface area contributed by atoms with Gasteiger partial charge in [-0.25, -0.2) is 0 Å². The fraction of sp³-hybridized carbons (Fsp3) is 0.500. The van der Waals surface area contributed by atoms with Gasteiger partial charge in [0.05, 0.1) is 6.04 Å². The molecule has 2 N–H and O–H groups in total. The molecule has 116 valence electrons. The Hall–Kier alpha value is -1.76. The van der Waals surface area contributed by atoms with Crippen LogP contribution in [0.5, 0.6) is 5.75 Å². The Morgan fingerprint density at radius 1 is 1.38 bits per heavy atom. The van der Waals surface area contributed by atoms with Crippen molar-refractivity contribution in [1.29, 1.82) is 0 Å². The van der Waals surface area contributed by atoms with Crippen molar-refractivity contribution in [3.8, 4) is 5.75 Å². The SMILES string of the molecule is CC1CCNC1C(=O)NCc1ccc(OC(F)(F)F)cc1. The molecular formula is C14H17F3N2O2. The summed E-state index contributed by atoms with van der Waals surface area (Å²) in [5, 5.41) is 5.89. The quantitative estimate of drug-likeness (QED) is 0.896. The van der Waals surface area contributed by atoms with Gasteiger partial charge >= 0.3 is 6.36 Å². The molecule has 0 saturated carbocycles. The number of ether oxygens (including phenoxy) is 1. The second-order valence-electron chi connectivity index (χ2n) is 5.11. The zero-order valence-corrected chi connectivity index (χ0v) is 11.5. The van der Waals surface area contributed by atoms with Crippen molar-refractivity contribution in [2.45, 2.75) is 32.3 Å². The first kappa shape index (κ1) is 15.6. The van der Waals surface area contributed by atoms with Gasteiger partial charge in [0.1, 0.15) is 5.75 Å². The van der Waals surface area contributed by atoms with Crippen LogP contribution in [0.1, 0.15) is 18.9 Å². The predicted molar refractivity (Wildman–Crippen MR) is 70.5 cm³/mol. The molecular weight excluding hydrogens is 285 g/mol. The Kier molecular flexibility index (Phi) is 4.72. The van der Waals surface area contributed by atoms with Crippen LogP contribution in [0.3, 0.4) is 0 Å². The monoisotopic (exact) mass is 302 g/mol. The van der Waals surface area contributed by atoms with Crippen LogP contribution in [-0.4, -0.2) is 24.9 Å². The summed E-state index contributed by atoms with van der Waals surface area (Å²) < 4.78 is 39.8. The van der Waals surface area contributed by atoms with Crippen LogP contribution in [-0.2, 0) is 11.3 Å². The van der Waals surface area contributed by atoms with Crippen LogP contribution in [0, 0.1) is 5.92 Å². The summed E-state index contributed by atoms with van der Waals surface area (Å²) in [4.78, 5) is 11.9. The summed E-state index contributed by atoms with van der Waals surface area (Å²) in [6, 6.07) is 5.24. The highest BCUT2D eigenvalue weighted by Gasteiger charge is 2.31. The topological polar surface area (TPSA) is 50.4 Å². The third-order valence-electron chi connectivity index (χ3n) is 3.44. The fourth-order valence-corrected chi connectivity index (χ4v) is 2.29. The molecule has 1 aliphatic rings. The first-order valence-corrected chi connectivity index (χ1v) is 6.71. The molecule has 0 aliphatic carbocycles. The van der Waals surface area contributed by atoms with Gasteiger partial charge in [0.15, 0.2) is 0 Å². The third-order valence-corrected chi connectivity index (χ3v) is 3.44. The summed E-state index contributed by atoms with van der Waals surface area (Å²) in [5.74, 6) is -0.0770. The van der Waals surface area contributed by atoms with Gasteiger partial charge in [0.2, 0.25) is 5.91 Å². The van der Waals surface area contributed by atoms with Crippen molar-refractivity contribution in [1.82, 2.24) is 10.6 Å². The minimum atomic E-state index is -4.69. The standard InChI is InChI=1S/C14H17F3N2O2/c1-9-6-7-18-12(9)13(20)19-8-10-2-4-11(5-3-10)21-14(15,16)17/h2-5,9,12,18H,6-8H2,1H3,(H,19,20). The number of benzene rings is 1. The van der Waals surface area contributed by atoms with Gasteiger partial charge in [-0.1, -0.05) is 19.1 Å². The van der Waals surface area contributed by atoms with Crippen molar-refractivity contribution < 1.29 is 22.7 Å². The maximum atomic E-state index is 12.0. The van der Waals surface area contributed by atoms with E-state index >= 15 is 0 Å². The van der Waals surface area contributed by atoms with Gasteiger partial charge in [-0.15, -0.1) is 13.2 Å². The Bertz CT molecular complexity index is 488. The zero-order valence-electron chi connectivity index (χ0n) is 11.5. The number of amides is 1. The molecule has 0 spiro atoms. The van der Waals surface area contributed by atoms with E-state index in [1.807, 2.05) is 6.92 Å². The molecule has 0 aromatic heterocycles. The van der Waals surface area contributed by atoms with E-state index < -0.39 is 6.36 Å². The summed E-state index contributed by atoms with van der Waals surface area (Å²) in [6.45, 7) is 3.10. The number of carbonyl (C=O) groups is 1. The van der Waals surface area contributed by atoms with Crippen LogP contribution in [0.2, 0.25) is 0 Å². The molecule has 0 bridgehead atoms. The average Bonchev–Trinajstić information content (AvgIpc) is 2.82. The average molecular weight is 302 g/mol. The lowest BCUT2D eigenvalue weighted by Gasteiger charge is -2.15. The molecule has 2 atom stereocenters. The number of rotatable bonds is 4. The normalized spacial score (nSPS) is 22.1. The molecule has 0 radical (unpaired) electrons. The molecule has 1 aliphatic heterocycles. The van der Waals surface area contributed by atoms with Crippen molar-refractivity contribution >= 4 is 5.91 Å². The van der Waals surface area contributed by atoms with Gasteiger partial charge in [-0.2, -0.15) is 0 Å². The molecule has 1 saturated heterocycles. The van der Waals surface area contributed by atoms with Crippen LogP contribution in [0.4, 0.5) is 13.2 Å².